The normalized spacial score (nSPS) is 22.6. The molecule has 0 amide bonds. The second-order valence-corrected chi connectivity index (χ2v) is 8.06. The van der Waals surface area contributed by atoms with E-state index in [0.717, 1.165) is 36.8 Å². The fourth-order valence-corrected chi connectivity index (χ4v) is 5.35. The highest BCUT2D eigenvalue weighted by atomic mass is 16.5. The molecule has 6 nitrogen and oxygen atoms in total. The lowest BCUT2D eigenvalue weighted by Gasteiger charge is -2.24. The molecule has 3 atom stereocenters. The van der Waals surface area contributed by atoms with Gasteiger partial charge in [-0.2, -0.15) is 0 Å². The summed E-state index contributed by atoms with van der Waals surface area (Å²) in [6.45, 7) is 4.39. The van der Waals surface area contributed by atoms with Crippen LogP contribution in [0.4, 0.5) is 0 Å². The van der Waals surface area contributed by atoms with Crippen molar-refractivity contribution in [2.24, 2.45) is 11.8 Å². The van der Waals surface area contributed by atoms with Crippen molar-refractivity contribution in [2.45, 2.75) is 51.4 Å². The van der Waals surface area contributed by atoms with Gasteiger partial charge >= 0.3 is 11.9 Å². The monoisotopic (exact) mass is 390 g/mol. The van der Waals surface area contributed by atoms with Crippen molar-refractivity contribution in [3.8, 4) is 11.5 Å². The maximum absolute atomic E-state index is 12.8. The first-order valence-corrected chi connectivity index (χ1v) is 9.89. The number of rotatable bonds is 6. The van der Waals surface area contributed by atoms with E-state index in [1.165, 1.54) is 21.3 Å². The molecule has 0 spiro atoms. The van der Waals surface area contributed by atoms with Gasteiger partial charge in [0, 0.05) is 5.56 Å². The van der Waals surface area contributed by atoms with Crippen LogP contribution >= 0.6 is 0 Å². The van der Waals surface area contributed by atoms with Gasteiger partial charge in [-0.25, -0.2) is 9.59 Å². The first kappa shape index (κ1) is 20.5. The summed E-state index contributed by atoms with van der Waals surface area (Å²) in [7, 11) is 5.67. The Balaban J connectivity index is 2.41. The van der Waals surface area contributed by atoms with Crippen LogP contribution in [0.2, 0.25) is 0 Å². The van der Waals surface area contributed by atoms with Crippen molar-refractivity contribution in [1.29, 1.82) is 0 Å². The van der Waals surface area contributed by atoms with E-state index in [1.54, 1.807) is 7.11 Å². The third kappa shape index (κ3) is 3.03. The van der Waals surface area contributed by atoms with E-state index in [1.807, 2.05) is 0 Å². The number of benzene rings is 1. The molecule has 0 radical (unpaired) electrons. The number of hydrogen-bond donors (Lipinski definition) is 0. The summed E-state index contributed by atoms with van der Waals surface area (Å²) in [6, 6.07) is 0. The van der Waals surface area contributed by atoms with Gasteiger partial charge in [-0.05, 0) is 48.5 Å². The summed E-state index contributed by atoms with van der Waals surface area (Å²) in [5, 5.41) is 0. The van der Waals surface area contributed by atoms with E-state index in [4.69, 9.17) is 18.9 Å². The van der Waals surface area contributed by atoms with Crippen molar-refractivity contribution >= 4 is 11.9 Å². The van der Waals surface area contributed by atoms with Crippen LogP contribution in [0.5, 0.6) is 11.5 Å². The molecule has 2 aliphatic carbocycles. The molecule has 1 saturated carbocycles. The van der Waals surface area contributed by atoms with Crippen LogP contribution in [0.25, 0.3) is 0 Å². The van der Waals surface area contributed by atoms with Gasteiger partial charge in [0.1, 0.15) is 16.9 Å². The van der Waals surface area contributed by atoms with Gasteiger partial charge in [0.25, 0.3) is 0 Å². The van der Waals surface area contributed by atoms with Crippen LogP contribution < -0.4 is 9.47 Å². The first-order valence-electron chi connectivity index (χ1n) is 9.89. The molecule has 154 valence electrons. The fraction of sp³-hybridized carbons (Fsp3) is 0.636. The summed E-state index contributed by atoms with van der Waals surface area (Å²) in [5.74, 6) is 0.993. The Labute approximate surface area is 166 Å². The Kier molecular flexibility index (Phi) is 5.87. The van der Waals surface area contributed by atoms with Gasteiger partial charge in [-0.15, -0.1) is 0 Å². The Morgan fingerprint density at radius 1 is 0.893 bits per heavy atom. The summed E-state index contributed by atoms with van der Waals surface area (Å²) < 4.78 is 21.4. The van der Waals surface area contributed by atoms with Crippen molar-refractivity contribution in [2.75, 3.05) is 28.4 Å². The lowest BCUT2D eigenvalue weighted by atomic mass is 9.83. The minimum absolute atomic E-state index is 0.167. The number of fused-ring (bicyclic) bond motifs is 3. The van der Waals surface area contributed by atoms with E-state index in [9.17, 15) is 9.59 Å². The highest BCUT2D eigenvalue weighted by Gasteiger charge is 2.49. The van der Waals surface area contributed by atoms with Gasteiger partial charge in [0.2, 0.25) is 0 Å². The Hall–Kier alpha value is -2.24. The maximum Gasteiger partial charge on any atom is 0.345 e. The van der Waals surface area contributed by atoms with Crippen LogP contribution in [0, 0.1) is 11.8 Å². The fourth-order valence-electron chi connectivity index (χ4n) is 5.35. The van der Waals surface area contributed by atoms with E-state index in [-0.39, 0.29) is 23.1 Å². The Morgan fingerprint density at radius 3 is 2.04 bits per heavy atom. The Morgan fingerprint density at radius 2 is 1.50 bits per heavy atom. The molecule has 1 aromatic rings. The molecule has 0 N–H and O–H groups in total. The second-order valence-electron chi connectivity index (χ2n) is 8.06. The molecule has 1 aromatic carbocycles. The van der Waals surface area contributed by atoms with E-state index < -0.39 is 11.9 Å². The highest BCUT2D eigenvalue weighted by Crippen LogP contribution is 2.62. The van der Waals surface area contributed by atoms with Gasteiger partial charge < -0.3 is 18.9 Å². The molecule has 0 unspecified atom stereocenters. The summed E-state index contributed by atoms with van der Waals surface area (Å²) in [5.41, 5.74) is 2.43. The van der Waals surface area contributed by atoms with Crippen LogP contribution in [-0.2, 0) is 9.47 Å². The lowest BCUT2D eigenvalue weighted by molar-refractivity contribution is 0.0588. The molecule has 3 rings (SSSR count). The molecule has 6 heteroatoms. The molecular weight excluding hydrogens is 360 g/mol. The summed E-state index contributed by atoms with van der Waals surface area (Å²) in [4.78, 5) is 25.5. The number of ether oxygens (including phenoxy) is 4. The van der Waals surface area contributed by atoms with Gasteiger partial charge in [-0.3, -0.25) is 0 Å². The molecular formula is C22H30O6. The van der Waals surface area contributed by atoms with Gasteiger partial charge in [-0.1, -0.05) is 20.3 Å². The van der Waals surface area contributed by atoms with E-state index in [0.29, 0.717) is 23.1 Å². The molecule has 0 heterocycles. The quantitative estimate of drug-likeness (QED) is 0.674. The number of esters is 2. The molecule has 28 heavy (non-hydrogen) atoms. The molecule has 0 bridgehead atoms. The number of hydrogen-bond acceptors (Lipinski definition) is 6. The average molecular weight is 390 g/mol. The zero-order chi connectivity index (χ0) is 20.6. The smallest absolute Gasteiger partial charge is 0.345 e. The predicted octanol–water partition coefficient (Wildman–Crippen LogP) is 4.30. The van der Waals surface area contributed by atoms with E-state index in [2.05, 4.69) is 13.8 Å². The third-order valence-corrected chi connectivity index (χ3v) is 6.23. The molecule has 2 aliphatic rings. The van der Waals surface area contributed by atoms with Gasteiger partial charge in [0.05, 0.1) is 28.4 Å². The predicted molar refractivity (Wildman–Crippen MR) is 105 cm³/mol. The topological polar surface area (TPSA) is 71.1 Å². The minimum Gasteiger partial charge on any atom is -0.495 e. The average Bonchev–Trinajstić information content (AvgIpc) is 3.27. The largest absolute Gasteiger partial charge is 0.495 e. The lowest BCUT2D eigenvalue weighted by Crippen LogP contribution is -2.17. The minimum atomic E-state index is -0.581. The molecule has 0 saturated heterocycles. The molecule has 0 aliphatic heterocycles. The zero-order valence-electron chi connectivity index (χ0n) is 17.6. The number of methoxy groups -OCH3 is 4. The Bertz CT molecular complexity index is 782. The summed E-state index contributed by atoms with van der Waals surface area (Å²) in [6.07, 6.45) is 4.22. The van der Waals surface area contributed by atoms with Crippen LogP contribution in [0.1, 0.15) is 83.2 Å². The zero-order valence-corrected chi connectivity index (χ0v) is 17.6. The van der Waals surface area contributed by atoms with Crippen LogP contribution in [0.3, 0.4) is 0 Å². The first-order chi connectivity index (χ1) is 13.4. The van der Waals surface area contributed by atoms with Crippen molar-refractivity contribution in [1.82, 2.24) is 0 Å². The van der Waals surface area contributed by atoms with Crippen LogP contribution in [-0.4, -0.2) is 40.4 Å². The molecule has 1 fully saturated rings. The standard InChI is InChI=1S/C22H30O6/c1-11(2)10-14-12-8-7-9-13(12)15-16(14)19(25-3)18(22(24)28-6)20(26-4)17(15)21(23)27-5/h11-14H,7-10H2,1-6H3/t12-,13+,14+/m0/s1. The SMILES string of the molecule is COC(=O)c1c(OC)c(C(=O)OC)c2c(c1OC)[C@H](CC(C)C)[C@H]1CCC[C@@H]21. The molecule has 0 aromatic heterocycles. The van der Waals surface area contributed by atoms with Crippen molar-refractivity contribution in [3.05, 3.63) is 22.3 Å². The van der Waals surface area contributed by atoms with Gasteiger partial charge in [0.15, 0.2) is 5.75 Å². The van der Waals surface area contributed by atoms with Crippen molar-refractivity contribution < 1.29 is 28.5 Å². The second kappa shape index (κ2) is 8.02. The third-order valence-electron chi connectivity index (χ3n) is 6.23. The van der Waals surface area contributed by atoms with Crippen molar-refractivity contribution in [3.63, 3.8) is 0 Å². The maximum atomic E-state index is 12.8. The van der Waals surface area contributed by atoms with Crippen LogP contribution in [0.15, 0.2) is 0 Å². The number of carbonyl (C=O) groups excluding carboxylic acids is 2. The summed E-state index contributed by atoms with van der Waals surface area (Å²) >= 11 is 0. The number of carbonyl (C=O) groups is 2. The highest BCUT2D eigenvalue weighted by molar-refractivity contribution is 6.04. The van der Waals surface area contributed by atoms with E-state index >= 15 is 0 Å².